The zero-order chi connectivity index (χ0) is 24.0. The Labute approximate surface area is 208 Å². The summed E-state index contributed by atoms with van der Waals surface area (Å²) in [4.78, 5) is 7.20. The summed E-state index contributed by atoms with van der Waals surface area (Å²) < 4.78 is 17.0. The van der Waals surface area contributed by atoms with Crippen LogP contribution in [-0.4, -0.2) is 38.6 Å². The molecule has 0 N–H and O–H groups in total. The molecular weight excluding hydrogens is 436 g/mol. The van der Waals surface area contributed by atoms with Crippen LogP contribution < -0.4 is 9.64 Å². The minimum absolute atomic E-state index is 0.116. The lowest BCUT2D eigenvalue weighted by atomic mass is 9.87. The predicted molar refractivity (Wildman–Crippen MR) is 140 cm³/mol. The molecule has 1 aliphatic carbocycles. The molecule has 5 heteroatoms. The number of nitrogens with zero attached hydrogens (tertiary/aromatic N) is 2. The van der Waals surface area contributed by atoms with E-state index in [2.05, 4.69) is 53.4 Å². The zero-order valence-corrected chi connectivity index (χ0v) is 20.7. The first-order chi connectivity index (χ1) is 17.2. The number of hydrogen-bond donors (Lipinski definition) is 0. The summed E-state index contributed by atoms with van der Waals surface area (Å²) in [6, 6.07) is 21.1. The normalized spacial score (nSPS) is 16.2. The van der Waals surface area contributed by atoms with Gasteiger partial charge >= 0.3 is 0 Å². The Morgan fingerprint density at radius 3 is 2.49 bits per heavy atom. The summed E-state index contributed by atoms with van der Waals surface area (Å²) in [6.45, 7) is 2.53. The fourth-order valence-corrected chi connectivity index (χ4v) is 5.24. The van der Waals surface area contributed by atoms with Crippen molar-refractivity contribution in [3.63, 3.8) is 0 Å². The molecule has 5 rings (SSSR count). The van der Waals surface area contributed by atoms with Gasteiger partial charge in [0.05, 0.1) is 0 Å². The fourth-order valence-electron chi connectivity index (χ4n) is 5.24. The van der Waals surface area contributed by atoms with Crippen LogP contribution in [0.15, 0.2) is 72.9 Å². The van der Waals surface area contributed by atoms with Crippen LogP contribution in [0.1, 0.15) is 41.5 Å². The highest BCUT2D eigenvalue weighted by atomic mass is 16.7. The standard InChI is InChI=1S/C30H34N2O3/c1-33-30(34-2)23-15-17-32(18-16-23)29-14-11-25(20-31-29)27-10-6-9-24-19-26(12-13-28(24)27)35-21-22-7-4-3-5-8-22/h3-5,7-8,10-14,19-20,23,30H,6,9,15-18,21H2,1-2H3. The number of pyridine rings is 1. The molecule has 1 fully saturated rings. The van der Waals surface area contributed by atoms with Crippen molar-refractivity contribution in [2.75, 3.05) is 32.2 Å². The molecule has 0 amide bonds. The molecule has 3 aromatic rings. The number of aryl methyl sites for hydroxylation is 1. The van der Waals surface area contributed by atoms with E-state index in [-0.39, 0.29) is 6.29 Å². The van der Waals surface area contributed by atoms with E-state index in [0.717, 1.165) is 50.3 Å². The second-order valence-corrected chi connectivity index (χ2v) is 9.32. The van der Waals surface area contributed by atoms with Gasteiger partial charge in [0.2, 0.25) is 0 Å². The highest BCUT2D eigenvalue weighted by Crippen LogP contribution is 2.34. The van der Waals surface area contributed by atoms with Crippen LogP contribution in [-0.2, 0) is 22.5 Å². The molecule has 5 nitrogen and oxygen atoms in total. The summed E-state index contributed by atoms with van der Waals surface area (Å²) >= 11 is 0. The second kappa shape index (κ2) is 11.1. The lowest BCUT2D eigenvalue weighted by Crippen LogP contribution is -2.39. The van der Waals surface area contributed by atoms with Crippen LogP contribution in [0.5, 0.6) is 5.75 Å². The van der Waals surface area contributed by atoms with Crippen molar-refractivity contribution in [1.29, 1.82) is 0 Å². The van der Waals surface area contributed by atoms with Crippen LogP contribution >= 0.6 is 0 Å². The summed E-state index contributed by atoms with van der Waals surface area (Å²) in [5.74, 6) is 2.40. The number of methoxy groups -OCH3 is 2. The van der Waals surface area contributed by atoms with Crippen molar-refractivity contribution in [2.45, 2.75) is 38.6 Å². The second-order valence-electron chi connectivity index (χ2n) is 9.32. The average Bonchev–Trinajstić information content (AvgIpc) is 2.93. The molecule has 182 valence electrons. The maximum absolute atomic E-state index is 6.07. The number of piperidine rings is 1. The molecule has 0 saturated carbocycles. The molecular formula is C30H34N2O3. The third kappa shape index (κ3) is 5.42. The van der Waals surface area contributed by atoms with Gasteiger partial charge in [-0.05, 0) is 72.2 Å². The SMILES string of the molecule is COC(OC)C1CCN(c2ccc(C3=CCCc4cc(OCc5ccccc5)ccc43)cn2)CC1. The van der Waals surface area contributed by atoms with E-state index in [0.29, 0.717) is 12.5 Å². The molecule has 0 atom stereocenters. The van der Waals surface area contributed by atoms with Gasteiger partial charge in [0, 0.05) is 45.0 Å². The molecule has 35 heavy (non-hydrogen) atoms. The van der Waals surface area contributed by atoms with Crippen LogP contribution in [0.25, 0.3) is 5.57 Å². The summed E-state index contributed by atoms with van der Waals surface area (Å²) in [6.07, 6.45) is 8.40. The number of hydrogen-bond acceptors (Lipinski definition) is 5. The monoisotopic (exact) mass is 470 g/mol. The van der Waals surface area contributed by atoms with Crippen LogP contribution in [0.3, 0.4) is 0 Å². The Morgan fingerprint density at radius 1 is 0.971 bits per heavy atom. The highest BCUT2D eigenvalue weighted by Gasteiger charge is 2.27. The van der Waals surface area contributed by atoms with E-state index in [1.807, 2.05) is 24.4 Å². The minimum Gasteiger partial charge on any atom is -0.489 e. The van der Waals surface area contributed by atoms with Gasteiger partial charge in [-0.2, -0.15) is 0 Å². The van der Waals surface area contributed by atoms with Gasteiger partial charge in [-0.25, -0.2) is 4.98 Å². The van der Waals surface area contributed by atoms with E-state index in [9.17, 15) is 0 Å². The first kappa shape index (κ1) is 23.6. The Morgan fingerprint density at radius 2 is 1.77 bits per heavy atom. The molecule has 0 radical (unpaired) electrons. The quantitative estimate of drug-likeness (QED) is 0.385. The Balaban J connectivity index is 1.24. The van der Waals surface area contributed by atoms with Crippen molar-refractivity contribution in [3.8, 4) is 5.75 Å². The van der Waals surface area contributed by atoms with E-state index in [4.69, 9.17) is 19.2 Å². The Bertz CT molecular complexity index is 1130. The largest absolute Gasteiger partial charge is 0.489 e. The third-order valence-electron chi connectivity index (χ3n) is 7.15. The number of ether oxygens (including phenoxy) is 3. The summed E-state index contributed by atoms with van der Waals surface area (Å²) in [5.41, 5.74) is 6.23. The number of allylic oxidation sites excluding steroid dienone is 1. The first-order valence-corrected chi connectivity index (χ1v) is 12.5. The lowest BCUT2D eigenvalue weighted by molar-refractivity contribution is -0.141. The van der Waals surface area contributed by atoms with Crippen LogP contribution in [0, 0.1) is 5.92 Å². The van der Waals surface area contributed by atoms with E-state index in [1.165, 1.54) is 27.8 Å². The molecule has 1 aromatic heterocycles. The van der Waals surface area contributed by atoms with Gasteiger partial charge in [0.15, 0.2) is 6.29 Å². The van der Waals surface area contributed by atoms with Gasteiger partial charge in [-0.15, -0.1) is 0 Å². The molecule has 2 heterocycles. The number of fused-ring (bicyclic) bond motifs is 1. The first-order valence-electron chi connectivity index (χ1n) is 12.5. The molecule has 0 unspecified atom stereocenters. The number of aromatic nitrogens is 1. The highest BCUT2D eigenvalue weighted by molar-refractivity contribution is 5.82. The van der Waals surface area contributed by atoms with Crippen LogP contribution in [0.4, 0.5) is 5.82 Å². The minimum atomic E-state index is -0.116. The molecule has 2 aromatic carbocycles. The zero-order valence-electron chi connectivity index (χ0n) is 20.7. The van der Waals surface area contributed by atoms with Gasteiger partial charge in [0.1, 0.15) is 18.2 Å². The van der Waals surface area contributed by atoms with Gasteiger partial charge in [-0.3, -0.25) is 0 Å². The Kier molecular flexibility index (Phi) is 7.45. The molecule has 1 aliphatic heterocycles. The van der Waals surface area contributed by atoms with Gasteiger partial charge in [0.25, 0.3) is 0 Å². The lowest BCUT2D eigenvalue weighted by Gasteiger charge is -2.35. The van der Waals surface area contributed by atoms with Crippen LogP contribution in [0.2, 0.25) is 0 Å². The number of benzene rings is 2. The maximum Gasteiger partial charge on any atom is 0.159 e. The van der Waals surface area contributed by atoms with E-state index in [1.54, 1.807) is 14.2 Å². The number of anilines is 1. The van der Waals surface area contributed by atoms with E-state index < -0.39 is 0 Å². The topological polar surface area (TPSA) is 43.8 Å². The predicted octanol–water partition coefficient (Wildman–Crippen LogP) is 5.87. The summed E-state index contributed by atoms with van der Waals surface area (Å²) in [5, 5.41) is 0. The average molecular weight is 471 g/mol. The molecule has 2 aliphatic rings. The van der Waals surface area contributed by atoms with E-state index >= 15 is 0 Å². The van der Waals surface area contributed by atoms with Crippen molar-refractivity contribution < 1.29 is 14.2 Å². The smallest absolute Gasteiger partial charge is 0.159 e. The Hall–Kier alpha value is -3.15. The summed E-state index contributed by atoms with van der Waals surface area (Å²) in [7, 11) is 3.44. The van der Waals surface area contributed by atoms with Crippen molar-refractivity contribution in [2.24, 2.45) is 5.92 Å². The number of rotatable bonds is 8. The third-order valence-corrected chi connectivity index (χ3v) is 7.15. The van der Waals surface area contributed by atoms with Gasteiger partial charge < -0.3 is 19.1 Å². The van der Waals surface area contributed by atoms with Crippen molar-refractivity contribution in [1.82, 2.24) is 4.98 Å². The molecule has 0 spiro atoms. The van der Waals surface area contributed by atoms with Crippen molar-refractivity contribution >= 4 is 11.4 Å². The fraction of sp³-hybridized carbons (Fsp3) is 0.367. The molecule has 1 saturated heterocycles. The molecule has 0 bridgehead atoms. The van der Waals surface area contributed by atoms with Crippen molar-refractivity contribution in [3.05, 3.63) is 95.2 Å². The maximum atomic E-state index is 6.07. The van der Waals surface area contributed by atoms with Gasteiger partial charge in [-0.1, -0.05) is 42.5 Å².